The van der Waals surface area contributed by atoms with Crippen molar-refractivity contribution in [3.05, 3.63) is 24.0 Å². The van der Waals surface area contributed by atoms with E-state index in [1.54, 1.807) is 12.1 Å². The highest BCUT2D eigenvalue weighted by molar-refractivity contribution is 7.91. The number of nitrogens with zero attached hydrogens (tertiary/aromatic N) is 2. The monoisotopic (exact) mass is 457 g/mol. The average Bonchev–Trinajstić information content (AvgIpc) is 3.62. The summed E-state index contributed by atoms with van der Waals surface area (Å²) >= 11 is 0. The summed E-state index contributed by atoms with van der Waals surface area (Å²) in [5.74, 6) is -0.606. The van der Waals surface area contributed by atoms with Crippen molar-refractivity contribution in [3.8, 4) is 5.75 Å². The first kappa shape index (κ1) is 22.3. The van der Waals surface area contributed by atoms with Gasteiger partial charge < -0.3 is 14.4 Å². The molecule has 2 N–H and O–H groups in total. The zero-order valence-corrected chi connectivity index (χ0v) is 18.1. The second kappa shape index (κ2) is 8.89. The lowest BCUT2D eigenvalue weighted by atomic mass is 9.98. The molecule has 1 amide bonds. The molecule has 172 valence electrons. The summed E-state index contributed by atoms with van der Waals surface area (Å²) in [6.45, 7) is 1.81. The summed E-state index contributed by atoms with van der Waals surface area (Å²) in [5, 5.41) is 9.15. The molecule has 0 aromatic heterocycles. The molecule has 1 aromatic carbocycles. The summed E-state index contributed by atoms with van der Waals surface area (Å²) in [7, 11) is -4.03. The van der Waals surface area contributed by atoms with Crippen molar-refractivity contribution in [2.75, 3.05) is 50.9 Å². The highest BCUT2D eigenvalue weighted by Gasteiger charge is 2.54. The topological polar surface area (TPSA) is 108 Å². The van der Waals surface area contributed by atoms with E-state index in [2.05, 4.69) is 0 Å². The number of anilines is 1. The van der Waals surface area contributed by atoms with Gasteiger partial charge in [-0.25, -0.2) is 18.3 Å². The van der Waals surface area contributed by atoms with Crippen LogP contribution in [0.3, 0.4) is 0 Å². The lowest BCUT2D eigenvalue weighted by molar-refractivity contribution is -0.134. The summed E-state index contributed by atoms with van der Waals surface area (Å²) in [6, 6.07) is 4.79. The Morgan fingerprint density at radius 1 is 1.23 bits per heavy atom. The summed E-state index contributed by atoms with van der Waals surface area (Å²) < 4.78 is 51.4. The second-order valence-electron chi connectivity index (χ2n) is 8.31. The highest BCUT2D eigenvalue weighted by Crippen LogP contribution is 2.34. The fraction of sp³-hybridized carbons (Fsp3) is 0.650. The number of halogens is 1. The van der Waals surface area contributed by atoms with Gasteiger partial charge in [-0.15, -0.1) is 0 Å². The number of carbonyl (C=O) groups excluding carboxylic acids is 1. The van der Waals surface area contributed by atoms with Crippen LogP contribution in [0.4, 0.5) is 10.1 Å². The third-order valence-corrected chi connectivity index (χ3v) is 8.97. The van der Waals surface area contributed by atoms with Gasteiger partial charge in [0.2, 0.25) is 10.0 Å². The normalized spacial score (nSPS) is 22.2. The van der Waals surface area contributed by atoms with Crippen molar-refractivity contribution in [1.29, 1.82) is 0 Å². The van der Waals surface area contributed by atoms with E-state index in [0.717, 1.165) is 12.8 Å². The second-order valence-corrected chi connectivity index (χ2v) is 10.6. The quantitative estimate of drug-likeness (QED) is 0.467. The van der Waals surface area contributed by atoms with Crippen LogP contribution < -0.4 is 15.1 Å². The maximum absolute atomic E-state index is 14.4. The third kappa shape index (κ3) is 4.36. The van der Waals surface area contributed by atoms with Crippen molar-refractivity contribution in [3.63, 3.8) is 0 Å². The summed E-state index contributed by atoms with van der Waals surface area (Å²) in [4.78, 5) is 14.3. The van der Waals surface area contributed by atoms with Crippen molar-refractivity contribution in [2.45, 2.75) is 30.4 Å². The first-order valence-corrected chi connectivity index (χ1v) is 12.0. The molecule has 1 saturated carbocycles. The predicted octanol–water partition coefficient (Wildman–Crippen LogP) is 1.12. The lowest BCUT2D eigenvalue weighted by Crippen LogP contribution is -2.62. The van der Waals surface area contributed by atoms with E-state index in [9.17, 15) is 17.6 Å². The van der Waals surface area contributed by atoms with Gasteiger partial charge in [-0.05, 0) is 30.9 Å². The van der Waals surface area contributed by atoms with E-state index >= 15 is 0 Å². The Kier molecular flexibility index (Phi) is 6.38. The highest BCUT2D eigenvalue weighted by atomic mass is 32.2. The number of amides is 1. The molecule has 9 nitrogen and oxygen atoms in total. The molecule has 2 saturated heterocycles. The number of carbonyl (C=O) groups is 1. The van der Waals surface area contributed by atoms with Crippen LogP contribution in [0, 0.1) is 11.7 Å². The fourth-order valence-electron chi connectivity index (χ4n) is 4.13. The Morgan fingerprint density at radius 3 is 2.48 bits per heavy atom. The Labute approximate surface area is 181 Å². The van der Waals surface area contributed by atoms with E-state index in [-0.39, 0.29) is 44.9 Å². The Morgan fingerprint density at radius 2 is 1.90 bits per heavy atom. The minimum Gasteiger partial charge on any atom is -0.490 e. The van der Waals surface area contributed by atoms with Crippen LogP contribution in [0.15, 0.2) is 18.2 Å². The zero-order chi connectivity index (χ0) is 22.1. The van der Waals surface area contributed by atoms with Crippen LogP contribution >= 0.6 is 0 Å². The van der Waals surface area contributed by atoms with Gasteiger partial charge in [0, 0.05) is 64.0 Å². The van der Waals surface area contributed by atoms with Crippen LogP contribution in [0.1, 0.15) is 25.7 Å². The Balaban J connectivity index is 1.42. The van der Waals surface area contributed by atoms with E-state index in [1.807, 2.05) is 4.90 Å². The first-order chi connectivity index (χ1) is 14.9. The van der Waals surface area contributed by atoms with Crippen LogP contribution in [0.5, 0.6) is 5.75 Å². The smallest absolute Gasteiger partial charge is 0.266 e. The minimum atomic E-state index is -4.03. The molecule has 11 heteroatoms. The first-order valence-electron chi connectivity index (χ1n) is 10.6. The molecule has 1 aromatic rings. The molecule has 1 aliphatic carbocycles. The maximum atomic E-state index is 14.4. The number of sulfonamides is 1. The van der Waals surface area contributed by atoms with Crippen LogP contribution in [-0.4, -0.2) is 74.6 Å². The molecule has 2 heterocycles. The van der Waals surface area contributed by atoms with Gasteiger partial charge in [-0.2, -0.15) is 4.31 Å². The molecule has 3 aliphatic rings. The zero-order valence-electron chi connectivity index (χ0n) is 17.3. The Bertz CT molecular complexity index is 909. The van der Waals surface area contributed by atoms with E-state index in [0.29, 0.717) is 31.3 Å². The van der Waals surface area contributed by atoms with Crippen LogP contribution in [-0.2, 0) is 19.6 Å². The molecular formula is C20H28FN3O6S. The van der Waals surface area contributed by atoms with Gasteiger partial charge in [0.1, 0.15) is 0 Å². The van der Waals surface area contributed by atoms with Crippen molar-refractivity contribution in [2.24, 2.45) is 5.92 Å². The molecule has 0 radical (unpaired) electrons. The largest absolute Gasteiger partial charge is 0.490 e. The van der Waals surface area contributed by atoms with Gasteiger partial charge >= 0.3 is 0 Å². The van der Waals surface area contributed by atoms with Crippen LogP contribution in [0.25, 0.3) is 0 Å². The van der Waals surface area contributed by atoms with E-state index in [4.69, 9.17) is 14.7 Å². The number of hydrogen-bond donors (Lipinski definition) is 2. The molecule has 3 fully saturated rings. The molecule has 31 heavy (non-hydrogen) atoms. The van der Waals surface area contributed by atoms with E-state index < -0.39 is 26.5 Å². The van der Waals surface area contributed by atoms with Gasteiger partial charge in [-0.3, -0.25) is 10.0 Å². The summed E-state index contributed by atoms with van der Waals surface area (Å²) in [6.07, 6.45) is 2.22. The van der Waals surface area contributed by atoms with Crippen molar-refractivity contribution >= 4 is 21.6 Å². The number of benzene rings is 1. The van der Waals surface area contributed by atoms with Gasteiger partial charge in [0.25, 0.3) is 5.91 Å². The Hall–Kier alpha value is -1.95. The van der Waals surface area contributed by atoms with Gasteiger partial charge in [0.05, 0.1) is 6.61 Å². The molecule has 4 rings (SSSR count). The standard InChI is InChI=1S/C20H28FN3O6S/c21-17-13-16(3-4-18(17)30-14-15-1-2-15)23-7-9-24(10-8-23)31(27,28)20(19(25)22-26)5-11-29-12-6-20/h3-4,13,15,26H,1-2,5-12,14H2,(H,22,25). The average molecular weight is 458 g/mol. The van der Waals surface area contributed by atoms with Crippen molar-refractivity contribution in [1.82, 2.24) is 9.79 Å². The van der Waals surface area contributed by atoms with E-state index in [1.165, 1.54) is 15.9 Å². The fourth-order valence-corrected chi connectivity index (χ4v) is 6.24. The number of hydroxylamine groups is 1. The SMILES string of the molecule is O=C(NO)C1(S(=O)(=O)N2CCN(c3ccc(OCC4CC4)c(F)c3)CC2)CCOCC1. The predicted molar refractivity (Wildman–Crippen MR) is 110 cm³/mol. The minimum absolute atomic E-state index is 0.0184. The number of piperazine rings is 1. The maximum Gasteiger partial charge on any atom is 0.266 e. The number of nitrogens with one attached hydrogen (secondary N) is 1. The number of rotatable bonds is 7. The molecule has 0 spiro atoms. The molecular weight excluding hydrogens is 429 g/mol. The lowest BCUT2D eigenvalue weighted by Gasteiger charge is -2.42. The third-order valence-electron chi connectivity index (χ3n) is 6.34. The van der Waals surface area contributed by atoms with Gasteiger partial charge in [0.15, 0.2) is 16.3 Å². The molecule has 0 unspecified atom stereocenters. The molecule has 2 aliphatic heterocycles. The number of hydrogen-bond acceptors (Lipinski definition) is 7. The van der Waals surface area contributed by atoms with Crippen molar-refractivity contribution < 1.29 is 32.3 Å². The molecule has 0 bridgehead atoms. The van der Waals surface area contributed by atoms with Gasteiger partial charge in [-0.1, -0.05) is 0 Å². The van der Waals surface area contributed by atoms with Crippen LogP contribution in [0.2, 0.25) is 0 Å². The number of ether oxygens (including phenoxy) is 2. The summed E-state index contributed by atoms with van der Waals surface area (Å²) in [5.41, 5.74) is 2.18. The molecule has 0 atom stereocenters.